The summed E-state index contributed by atoms with van der Waals surface area (Å²) in [5.74, 6) is -0.217. The zero-order valence-electron chi connectivity index (χ0n) is 15.9. The number of nitrogens with zero attached hydrogens (tertiary/aromatic N) is 4. The first-order valence-electron chi connectivity index (χ1n) is 9.35. The lowest BCUT2D eigenvalue weighted by atomic mass is 10.1. The number of nitrogens with one attached hydrogen (secondary N) is 2. The summed E-state index contributed by atoms with van der Waals surface area (Å²) in [6.07, 6.45) is -0.0881. The van der Waals surface area contributed by atoms with Gasteiger partial charge in [0.25, 0.3) is 0 Å². The van der Waals surface area contributed by atoms with Gasteiger partial charge in [-0.15, -0.1) is 0 Å². The highest BCUT2D eigenvalue weighted by Crippen LogP contribution is 2.38. The van der Waals surface area contributed by atoms with Gasteiger partial charge in [-0.05, 0) is 44.1 Å². The largest absolute Gasteiger partial charge is 0.417 e. The number of likely N-dealkylation sites (tertiary alicyclic amines) is 1. The Morgan fingerprint density at radius 1 is 1.17 bits per heavy atom. The van der Waals surface area contributed by atoms with Gasteiger partial charge in [0, 0.05) is 18.8 Å². The highest BCUT2D eigenvalue weighted by Gasteiger charge is 2.33. The third-order valence-corrected chi connectivity index (χ3v) is 5.04. The van der Waals surface area contributed by atoms with E-state index < -0.39 is 27.4 Å². The van der Waals surface area contributed by atoms with Crippen molar-refractivity contribution < 1.29 is 18.1 Å². The molecule has 1 aromatic heterocycles. The van der Waals surface area contributed by atoms with Crippen molar-refractivity contribution in [1.82, 2.24) is 14.9 Å². The fourth-order valence-electron chi connectivity index (χ4n) is 3.24. The van der Waals surface area contributed by atoms with Crippen LogP contribution in [0.4, 0.5) is 36.2 Å². The number of hydrogen-bond acceptors (Lipinski definition) is 7. The van der Waals surface area contributed by atoms with E-state index in [2.05, 4.69) is 25.5 Å². The van der Waals surface area contributed by atoms with Gasteiger partial charge in [0.15, 0.2) is 0 Å². The summed E-state index contributed by atoms with van der Waals surface area (Å²) in [6, 6.07) is 3.13. The van der Waals surface area contributed by atoms with Gasteiger partial charge >= 0.3 is 11.9 Å². The zero-order valence-corrected chi connectivity index (χ0v) is 16.6. The molecule has 2 N–H and O–H groups in total. The lowest BCUT2D eigenvalue weighted by molar-refractivity contribution is -0.383. The highest BCUT2D eigenvalue weighted by atomic mass is 35.5. The van der Waals surface area contributed by atoms with Crippen molar-refractivity contribution >= 4 is 34.6 Å². The molecule has 0 bridgehead atoms. The van der Waals surface area contributed by atoms with Crippen molar-refractivity contribution in [1.29, 1.82) is 0 Å². The van der Waals surface area contributed by atoms with E-state index in [1.165, 1.54) is 12.5 Å². The molecule has 0 amide bonds. The topological polar surface area (TPSA) is 96.2 Å². The van der Waals surface area contributed by atoms with Gasteiger partial charge in [-0.1, -0.05) is 18.0 Å². The highest BCUT2D eigenvalue weighted by molar-refractivity contribution is 6.31. The molecular weight excluding hydrogens is 425 g/mol. The van der Waals surface area contributed by atoms with Crippen LogP contribution in [0.25, 0.3) is 0 Å². The Balaban J connectivity index is 1.78. The van der Waals surface area contributed by atoms with Crippen LogP contribution < -0.4 is 10.6 Å². The maximum atomic E-state index is 13.1. The molecule has 0 aliphatic carbocycles. The van der Waals surface area contributed by atoms with Gasteiger partial charge in [-0.2, -0.15) is 13.2 Å². The van der Waals surface area contributed by atoms with Crippen molar-refractivity contribution in [2.45, 2.75) is 25.4 Å². The van der Waals surface area contributed by atoms with Crippen LogP contribution in [0.1, 0.15) is 24.8 Å². The smallest absolute Gasteiger partial charge is 0.363 e. The SMILES string of the molecule is O=[N+]([O-])c1c(NCCN2CCCCC2)ncnc1Nc1ccc(Cl)c(C(F)(F)F)c1. The second kappa shape index (κ2) is 9.43. The summed E-state index contributed by atoms with van der Waals surface area (Å²) in [6.45, 7) is 3.11. The number of benzene rings is 1. The summed E-state index contributed by atoms with van der Waals surface area (Å²) in [4.78, 5) is 21.0. The van der Waals surface area contributed by atoms with Crippen molar-refractivity contribution in [3.05, 3.63) is 45.2 Å². The predicted molar refractivity (Wildman–Crippen MR) is 107 cm³/mol. The van der Waals surface area contributed by atoms with Crippen LogP contribution in [0.3, 0.4) is 0 Å². The number of halogens is 4. The van der Waals surface area contributed by atoms with E-state index in [1.807, 2.05) is 0 Å². The maximum absolute atomic E-state index is 13.1. The summed E-state index contributed by atoms with van der Waals surface area (Å²) in [5, 5.41) is 16.7. The monoisotopic (exact) mass is 444 g/mol. The fourth-order valence-corrected chi connectivity index (χ4v) is 3.47. The molecule has 1 aliphatic heterocycles. The number of hydrogen-bond donors (Lipinski definition) is 2. The molecule has 30 heavy (non-hydrogen) atoms. The van der Waals surface area contributed by atoms with Crippen molar-refractivity contribution in [2.75, 3.05) is 36.8 Å². The van der Waals surface area contributed by atoms with Crippen LogP contribution >= 0.6 is 11.6 Å². The molecule has 1 aliphatic rings. The van der Waals surface area contributed by atoms with E-state index >= 15 is 0 Å². The van der Waals surface area contributed by atoms with E-state index in [1.54, 1.807) is 0 Å². The standard InChI is InChI=1S/C18H20ClF3N6O2/c19-14-5-4-12(10-13(14)18(20,21)22)26-17-15(28(29)30)16(24-11-25-17)23-6-9-27-7-2-1-3-8-27/h4-5,10-11H,1-3,6-9H2,(H2,23,24,25,26). The Bertz CT molecular complexity index is 906. The third-order valence-electron chi connectivity index (χ3n) is 4.71. The maximum Gasteiger partial charge on any atom is 0.417 e. The van der Waals surface area contributed by atoms with Crippen LogP contribution in [0, 0.1) is 10.1 Å². The minimum absolute atomic E-state index is 0.000446. The van der Waals surface area contributed by atoms with Gasteiger partial charge in [0.1, 0.15) is 6.33 Å². The Morgan fingerprint density at radius 2 is 1.87 bits per heavy atom. The molecule has 1 saturated heterocycles. The Kier molecular flexibility index (Phi) is 6.93. The first kappa shape index (κ1) is 22.0. The number of nitro groups is 1. The molecule has 2 heterocycles. The second-order valence-electron chi connectivity index (χ2n) is 6.82. The fraction of sp³-hybridized carbons (Fsp3) is 0.444. The van der Waals surface area contributed by atoms with Crippen LogP contribution in [0.5, 0.6) is 0 Å². The van der Waals surface area contributed by atoms with Crippen molar-refractivity contribution in [3.8, 4) is 0 Å². The number of aromatic nitrogens is 2. The predicted octanol–water partition coefficient (Wildman–Crippen LogP) is 4.70. The first-order chi connectivity index (χ1) is 14.3. The molecular formula is C18H20ClF3N6O2. The Morgan fingerprint density at radius 3 is 2.53 bits per heavy atom. The minimum Gasteiger partial charge on any atom is -0.363 e. The molecule has 12 heteroatoms. The van der Waals surface area contributed by atoms with Gasteiger partial charge in [-0.3, -0.25) is 10.1 Å². The van der Waals surface area contributed by atoms with Crippen LogP contribution in [-0.2, 0) is 6.18 Å². The molecule has 0 atom stereocenters. The normalized spacial score (nSPS) is 15.1. The second-order valence-corrected chi connectivity index (χ2v) is 7.23. The molecule has 3 rings (SSSR count). The van der Waals surface area contributed by atoms with Crippen LogP contribution in [0.15, 0.2) is 24.5 Å². The first-order valence-corrected chi connectivity index (χ1v) is 9.73. The molecule has 2 aromatic rings. The Labute approximate surface area is 175 Å². The van der Waals surface area contributed by atoms with Gasteiger partial charge in [-0.25, -0.2) is 9.97 Å². The van der Waals surface area contributed by atoms with Crippen molar-refractivity contribution in [2.24, 2.45) is 0 Å². The van der Waals surface area contributed by atoms with Crippen molar-refractivity contribution in [3.63, 3.8) is 0 Å². The number of alkyl halides is 3. The lowest BCUT2D eigenvalue weighted by Crippen LogP contribution is -2.33. The van der Waals surface area contributed by atoms with Crippen LogP contribution in [-0.4, -0.2) is 46.0 Å². The van der Waals surface area contributed by atoms with Gasteiger partial charge in [0.2, 0.25) is 11.6 Å². The zero-order chi connectivity index (χ0) is 21.7. The molecule has 1 fully saturated rings. The number of piperidine rings is 1. The number of anilines is 3. The number of rotatable bonds is 7. The quantitative estimate of drug-likeness (QED) is 0.472. The summed E-state index contributed by atoms with van der Waals surface area (Å²) in [5.41, 5.74) is -1.53. The summed E-state index contributed by atoms with van der Waals surface area (Å²) >= 11 is 5.62. The van der Waals surface area contributed by atoms with Gasteiger partial charge in [0.05, 0.1) is 15.5 Å². The third kappa shape index (κ3) is 5.48. The van der Waals surface area contributed by atoms with E-state index in [-0.39, 0.29) is 17.3 Å². The van der Waals surface area contributed by atoms with Gasteiger partial charge < -0.3 is 15.5 Å². The van der Waals surface area contributed by atoms with E-state index in [0.717, 1.165) is 44.4 Å². The van der Waals surface area contributed by atoms with E-state index in [0.29, 0.717) is 13.1 Å². The average molecular weight is 445 g/mol. The Hall–Kier alpha value is -2.66. The average Bonchev–Trinajstić information content (AvgIpc) is 2.69. The molecule has 8 nitrogen and oxygen atoms in total. The lowest BCUT2D eigenvalue weighted by Gasteiger charge is -2.26. The molecule has 0 spiro atoms. The molecule has 0 saturated carbocycles. The summed E-state index contributed by atoms with van der Waals surface area (Å²) < 4.78 is 39.2. The molecule has 0 radical (unpaired) electrons. The molecule has 0 unspecified atom stereocenters. The molecule has 162 valence electrons. The van der Waals surface area contributed by atoms with E-state index in [4.69, 9.17) is 11.6 Å². The molecule has 1 aromatic carbocycles. The minimum atomic E-state index is -4.66. The van der Waals surface area contributed by atoms with Crippen LogP contribution in [0.2, 0.25) is 5.02 Å². The van der Waals surface area contributed by atoms with E-state index in [9.17, 15) is 23.3 Å². The summed E-state index contributed by atoms with van der Waals surface area (Å²) in [7, 11) is 0.